The van der Waals surface area contributed by atoms with Gasteiger partial charge in [0.1, 0.15) is 5.75 Å². The molecular formula is C11H12N6O2. The van der Waals surface area contributed by atoms with E-state index in [1.807, 2.05) is 24.3 Å². The largest absolute Gasteiger partial charge is 0.497 e. The molecule has 0 bridgehead atoms. The van der Waals surface area contributed by atoms with E-state index in [0.29, 0.717) is 5.82 Å². The van der Waals surface area contributed by atoms with Gasteiger partial charge in [-0.25, -0.2) is 5.43 Å². The number of methoxy groups -OCH3 is 1. The quantitative estimate of drug-likeness (QED) is 0.577. The molecule has 0 spiro atoms. The molecule has 2 rings (SSSR count). The third-order valence-corrected chi connectivity index (χ3v) is 2.23. The number of ether oxygens (including phenoxy) is 1. The third kappa shape index (κ3) is 3.87. The van der Waals surface area contributed by atoms with E-state index in [1.165, 1.54) is 6.21 Å². The number of carbonyl (C=O) groups is 1. The zero-order valence-electron chi connectivity index (χ0n) is 10.2. The molecule has 0 radical (unpaired) electrons. The maximum absolute atomic E-state index is 11.4. The summed E-state index contributed by atoms with van der Waals surface area (Å²) < 4.78 is 5.03. The Kier molecular flexibility index (Phi) is 4.17. The van der Waals surface area contributed by atoms with Gasteiger partial charge in [0.25, 0.3) is 0 Å². The first-order valence-electron chi connectivity index (χ1n) is 5.46. The van der Waals surface area contributed by atoms with Crippen molar-refractivity contribution in [3.63, 3.8) is 0 Å². The van der Waals surface area contributed by atoms with Crippen molar-refractivity contribution in [2.24, 2.45) is 5.10 Å². The van der Waals surface area contributed by atoms with Gasteiger partial charge in [0.2, 0.25) is 5.91 Å². The highest BCUT2D eigenvalue weighted by Crippen LogP contribution is 2.09. The number of hydrazone groups is 1. The van der Waals surface area contributed by atoms with Crippen molar-refractivity contribution in [1.82, 2.24) is 26.0 Å². The van der Waals surface area contributed by atoms with Crippen LogP contribution < -0.4 is 10.2 Å². The number of H-pyrrole nitrogens is 1. The standard InChI is InChI=1S/C11H12N6O2/c1-19-9-4-2-8(3-5-9)7-12-15-11(18)6-10-13-16-17-14-10/h2-5,7H,6H2,1H3,(H,15,18)(H,13,14,16,17)/b12-7+. The Morgan fingerprint density at radius 1 is 1.47 bits per heavy atom. The summed E-state index contributed by atoms with van der Waals surface area (Å²) in [6.45, 7) is 0. The lowest BCUT2D eigenvalue weighted by Gasteiger charge is -1.99. The lowest BCUT2D eigenvalue weighted by molar-refractivity contribution is -0.120. The molecule has 98 valence electrons. The monoisotopic (exact) mass is 260 g/mol. The second-order valence-electron chi connectivity index (χ2n) is 3.57. The number of carbonyl (C=O) groups excluding carboxylic acids is 1. The van der Waals surface area contributed by atoms with E-state index in [4.69, 9.17) is 4.74 Å². The molecule has 0 saturated heterocycles. The highest BCUT2D eigenvalue weighted by Gasteiger charge is 2.05. The average molecular weight is 260 g/mol. The van der Waals surface area contributed by atoms with Crippen LogP contribution in [0.4, 0.5) is 0 Å². The van der Waals surface area contributed by atoms with Crippen molar-refractivity contribution in [3.8, 4) is 5.75 Å². The van der Waals surface area contributed by atoms with Gasteiger partial charge in [-0.3, -0.25) is 4.79 Å². The van der Waals surface area contributed by atoms with E-state index in [9.17, 15) is 4.79 Å². The summed E-state index contributed by atoms with van der Waals surface area (Å²) in [5, 5.41) is 16.8. The number of hydrogen-bond acceptors (Lipinski definition) is 6. The van der Waals surface area contributed by atoms with Crippen LogP contribution in [0.3, 0.4) is 0 Å². The van der Waals surface area contributed by atoms with Gasteiger partial charge in [-0.1, -0.05) is 5.21 Å². The molecule has 1 amide bonds. The van der Waals surface area contributed by atoms with E-state index in [1.54, 1.807) is 7.11 Å². The lowest BCUT2D eigenvalue weighted by atomic mass is 10.2. The van der Waals surface area contributed by atoms with E-state index in [2.05, 4.69) is 31.2 Å². The molecule has 1 heterocycles. The van der Waals surface area contributed by atoms with Crippen LogP contribution in [0.25, 0.3) is 0 Å². The molecule has 8 heteroatoms. The summed E-state index contributed by atoms with van der Waals surface area (Å²) in [5.41, 5.74) is 3.22. The summed E-state index contributed by atoms with van der Waals surface area (Å²) in [6, 6.07) is 7.27. The molecule has 0 aliphatic rings. The topological polar surface area (TPSA) is 105 Å². The van der Waals surface area contributed by atoms with Crippen LogP contribution in [0.5, 0.6) is 5.75 Å². The fraction of sp³-hybridized carbons (Fsp3) is 0.182. The van der Waals surface area contributed by atoms with Gasteiger partial charge in [0, 0.05) is 0 Å². The fourth-order valence-corrected chi connectivity index (χ4v) is 1.31. The molecule has 2 N–H and O–H groups in total. The van der Waals surface area contributed by atoms with Crippen molar-refractivity contribution < 1.29 is 9.53 Å². The Morgan fingerprint density at radius 2 is 2.26 bits per heavy atom. The number of rotatable bonds is 5. The molecule has 0 aliphatic carbocycles. The van der Waals surface area contributed by atoms with Gasteiger partial charge in [0.05, 0.1) is 19.7 Å². The van der Waals surface area contributed by atoms with Crippen molar-refractivity contribution in [3.05, 3.63) is 35.7 Å². The van der Waals surface area contributed by atoms with Crippen LogP contribution in [0, 0.1) is 0 Å². The zero-order valence-corrected chi connectivity index (χ0v) is 10.2. The molecule has 1 aromatic heterocycles. The van der Waals surface area contributed by atoms with Gasteiger partial charge < -0.3 is 4.74 Å². The summed E-state index contributed by atoms with van der Waals surface area (Å²) >= 11 is 0. The first-order valence-corrected chi connectivity index (χ1v) is 5.46. The second kappa shape index (κ2) is 6.24. The van der Waals surface area contributed by atoms with Crippen molar-refractivity contribution in [2.75, 3.05) is 7.11 Å². The highest BCUT2D eigenvalue weighted by atomic mass is 16.5. The zero-order chi connectivity index (χ0) is 13.5. The Hall–Kier alpha value is -2.77. The molecule has 0 aliphatic heterocycles. The predicted molar refractivity (Wildman–Crippen MR) is 66.6 cm³/mol. The Morgan fingerprint density at radius 3 is 2.89 bits per heavy atom. The fourth-order valence-electron chi connectivity index (χ4n) is 1.31. The van der Waals surface area contributed by atoms with Gasteiger partial charge in [0.15, 0.2) is 5.82 Å². The average Bonchev–Trinajstić information content (AvgIpc) is 2.92. The van der Waals surface area contributed by atoms with Crippen molar-refractivity contribution in [2.45, 2.75) is 6.42 Å². The van der Waals surface area contributed by atoms with Crippen molar-refractivity contribution in [1.29, 1.82) is 0 Å². The van der Waals surface area contributed by atoms with Crippen LogP contribution >= 0.6 is 0 Å². The summed E-state index contributed by atoms with van der Waals surface area (Å²) in [6.07, 6.45) is 1.56. The van der Waals surface area contributed by atoms with Crippen LogP contribution in [-0.2, 0) is 11.2 Å². The van der Waals surface area contributed by atoms with Crippen LogP contribution in [0.15, 0.2) is 29.4 Å². The van der Waals surface area contributed by atoms with Crippen LogP contribution in [0.1, 0.15) is 11.4 Å². The number of nitrogens with zero attached hydrogens (tertiary/aromatic N) is 4. The summed E-state index contributed by atoms with van der Waals surface area (Å²) in [4.78, 5) is 11.4. The number of aromatic nitrogens is 4. The number of benzene rings is 1. The summed E-state index contributed by atoms with van der Waals surface area (Å²) in [5.74, 6) is 0.765. The van der Waals surface area contributed by atoms with Gasteiger partial charge >= 0.3 is 0 Å². The molecule has 1 aromatic carbocycles. The molecule has 0 unspecified atom stereocenters. The number of hydrogen-bond donors (Lipinski definition) is 2. The SMILES string of the molecule is COc1ccc(/C=N/NC(=O)Cc2nn[nH]n2)cc1. The predicted octanol–water partition coefficient (Wildman–Crippen LogP) is -0.0989. The molecule has 0 atom stereocenters. The van der Waals surface area contributed by atoms with E-state index in [0.717, 1.165) is 11.3 Å². The Bertz CT molecular complexity index is 549. The maximum Gasteiger partial charge on any atom is 0.247 e. The van der Waals surface area contributed by atoms with Gasteiger partial charge in [-0.15, -0.1) is 10.2 Å². The van der Waals surface area contributed by atoms with Gasteiger partial charge in [-0.05, 0) is 29.8 Å². The van der Waals surface area contributed by atoms with Gasteiger partial charge in [-0.2, -0.15) is 10.3 Å². The molecule has 19 heavy (non-hydrogen) atoms. The van der Waals surface area contributed by atoms with E-state index < -0.39 is 0 Å². The molecular weight excluding hydrogens is 248 g/mol. The van der Waals surface area contributed by atoms with E-state index in [-0.39, 0.29) is 12.3 Å². The molecule has 2 aromatic rings. The van der Waals surface area contributed by atoms with Crippen molar-refractivity contribution >= 4 is 12.1 Å². The lowest BCUT2D eigenvalue weighted by Crippen LogP contribution is -2.20. The summed E-state index contributed by atoms with van der Waals surface area (Å²) in [7, 11) is 1.60. The molecule has 8 nitrogen and oxygen atoms in total. The number of aromatic amines is 1. The minimum Gasteiger partial charge on any atom is -0.497 e. The normalized spacial score (nSPS) is 10.6. The van der Waals surface area contributed by atoms with Crippen LogP contribution in [-0.4, -0.2) is 39.9 Å². The first kappa shape index (κ1) is 12.7. The molecule has 0 fully saturated rings. The second-order valence-corrected chi connectivity index (χ2v) is 3.57. The number of amides is 1. The number of tetrazole rings is 1. The smallest absolute Gasteiger partial charge is 0.247 e. The first-order chi connectivity index (χ1) is 9.28. The third-order valence-electron chi connectivity index (χ3n) is 2.23. The minimum atomic E-state index is -0.314. The number of nitrogens with one attached hydrogen (secondary N) is 2. The highest BCUT2D eigenvalue weighted by molar-refractivity contribution is 5.83. The Labute approximate surface area is 108 Å². The van der Waals surface area contributed by atoms with Crippen LogP contribution in [0.2, 0.25) is 0 Å². The maximum atomic E-state index is 11.4. The molecule has 0 saturated carbocycles. The van der Waals surface area contributed by atoms with E-state index >= 15 is 0 Å². The minimum absolute atomic E-state index is 0.0243. The Balaban J connectivity index is 1.83.